The number of aliphatic hydroxyl groups excluding tert-OH is 1. The van der Waals surface area contributed by atoms with E-state index in [9.17, 15) is 19.5 Å². The second-order valence-electron chi connectivity index (χ2n) is 9.77. The predicted molar refractivity (Wildman–Crippen MR) is 137 cm³/mol. The fourth-order valence-electron chi connectivity index (χ4n) is 6.40. The molecule has 1 aromatic rings. The van der Waals surface area contributed by atoms with Crippen molar-refractivity contribution >= 4 is 23.5 Å². The maximum absolute atomic E-state index is 14.3. The summed E-state index contributed by atoms with van der Waals surface area (Å²) in [6.45, 7) is 9.40. The van der Waals surface area contributed by atoms with E-state index in [-0.39, 0.29) is 38.1 Å². The van der Waals surface area contributed by atoms with Crippen LogP contribution in [0.3, 0.4) is 0 Å². The number of nitrogens with zero attached hydrogens (tertiary/aromatic N) is 2. The minimum absolute atomic E-state index is 0.0429. The summed E-state index contributed by atoms with van der Waals surface area (Å²) in [4.78, 5) is 44.5. The van der Waals surface area contributed by atoms with Gasteiger partial charge in [-0.25, -0.2) is 0 Å². The molecular formula is C28H36N2O7. The third-order valence-corrected chi connectivity index (χ3v) is 8.04. The van der Waals surface area contributed by atoms with E-state index in [1.165, 1.54) is 4.90 Å². The van der Waals surface area contributed by atoms with Crippen LogP contribution in [0.25, 0.3) is 0 Å². The van der Waals surface area contributed by atoms with Crippen LogP contribution in [0.2, 0.25) is 0 Å². The molecule has 5 atom stereocenters. The normalized spacial score (nSPS) is 29.6. The first-order valence-electron chi connectivity index (χ1n) is 12.8. The average molecular weight is 513 g/mol. The average Bonchev–Trinajstić information content (AvgIpc) is 3.51. The molecule has 0 saturated carbocycles. The maximum atomic E-state index is 14.3. The standard InChI is InChI=1S/C28H36N2O7/c1-5-8-18-36-26(34)22-21-24(32)30(16-17-31)23(28(21)14-13-27(22,7-3)37-28)25(33)29(15-6-2)19-9-11-20(35-4)12-10-19/h5-6,9-12,21-23,31H,1-2,7-8,13-18H2,3-4H3/t21-,22+,23?,27-,28?/m0/s1. The molecule has 4 rings (SSSR count). The molecule has 0 aromatic heterocycles. The zero-order valence-corrected chi connectivity index (χ0v) is 21.6. The van der Waals surface area contributed by atoms with Crippen molar-refractivity contribution in [3.63, 3.8) is 0 Å². The Bertz CT molecular complexity index is 1060. The number of rotatable bonds is 12. The number of aliphatic hydroxyl groups is 1. The van der Waals surface area contributed by atoms with Crippen molar-refractivity contribution in [1.29, 1.82) is 0 Å². The largest absolute Gasteiger partial charge is 0.497 e. The van der Waals surface area contributed by atoms with Gasteiger partial charge in [0.15, 0.2) is 0 Å². The summed E-state index contributed by atoms with van der Waals surface area (Å²) >= 11 is 0. The first-order chi connectivity index (χ1) is 17.8. The van der Waals surface area contributed by atoms with Crippen molar-refractivity contribution in [2.24, 2.45) is 11.8 Å². The van der Waals surface area contributed by atoms with Crippen LogP contribution in [0.15, 0.2) is 49.6 Å². The summed E-state index contributed by atoms with van der Waals surface area (Å²) in [6, 6.07) is 6.04. The maximum Gasteiger partial charge on any atom is 0.312 e. The number of carbonyl (C=O) groups excluding carboxylic acids is 3. The minimum atomic E-state index is -1.19. The molecule has 1 spiro atoms. The third kappa shape index (κ3) is 4.24. The fraction of sp³-hybridized carbons (Fsp3) is 0.536. The summed E-state index contributed by atoms with van der Waals surface area (Å²) in [5.41, 5.74) is -1.45. The van der Waals surface area contributed by atoms with Gasteiger partial charge in [-0.3, -0.25) is 14.4 Å². The number of β-amino-alcohol motifs (C(OH)–C–C–N with tert-alkyl or cyclic N) is 1. The number of carbonyl (C=O) groups is 3. The zero-order valence-electron chi connectivity index (χ0n) is 21.6. The molecule has 3 aliphatic heterocycles. The minimum Gasteiger partial charge on any atom is -0.497 e. The highest BCUT2D eigenvalue weighted by molar-refractivity contribution is 6.04. The smallest absolute Gasteiger partial charge is 0.312 e. The van der Waals surface area contributed by atoms with E-state index in [4.69, 9.17) is 14.2 Å². The van der Waals surface area contributed by atoms with Crippen LogP contribution in [0, 0.1) is 11.8 Å². The number of esters is 1. The topological polar surface area (TPSA) is 106 Å². The van der Waals surface area contributed by atoms with Gasteiger partial charge in [-0.05, 0) is 49.9 Å². The van der Waals surface area contributed by atoms with Crippen molar-refractivity contribution in [2.75, 3.05) is 38.3 Å². The van der Waals surface area contributed by atoms with E-state index >= 15 is 0 Å². The summed E-state index contributed by atoms with van der Waals surface area (Å²) in [7, 11) is 1.56. The van der Waals surface area contributed by atoms with Crippen LogP contribution in [0.1, 0.15) is 32.6 Å². The van der Waals surface area contributed by atoms with E-state index < -0.39 is 35.0 Å². The molecular weight excluding hydrogens is 476 g/mol. The molecule has 37 heavy (non-hydrogen) atoms. The molecule has 3 fully saturated rings. The van der Waals surface area contributed by atoms with Gasteiger partial charge in [0.25, 0.3) is 5.91 Å². The van der Waals surface area contributed by atoms with Gasteiger partial charge < -0.3 is 29.1 Å². The lowest BCUT2D eigenvalue weighted by molar-refractivity contribution is -0.160. The van der Waals surface area contributed by atoms with E-state index in [1.54, 1.807) is 48.4 Å². The fourth-order valence-corrected chi connectivity index (χ4v) is 6.40. The third-order valence-electron chi connectivity index (χ3n) is 8.04. The highest BCUT2D eigenvalue weighted by atomic mass is 16.6. The van der Waals surface area contributed by atoms with Gasteiger partial charge in [0.1, 0.15) is 23.3 Å². The SMILES string of the molecule is C=CCCOC(=O)[C@H]1[C@H]2C(=O)N(CCO)C(C(=O)N(CC=C)c3ccc(OC)cc3)C23CC[C@]1(CC)O3. The van der Waals surface area contributed by atoms with Gasteiger partial charge in [-0.2, -0.15) is 0 Å². The van der Waals surface area contributed by atoms with Gasteiger partial charge >= 0.3 is 5.97 Å². The number of fused-ring (bicyclic) bond motifs is 1. The van der Waals surface area contributed by atoms with E-state index in [0.29, 0.717) is 37.1 Å². The van der Waals surface area contributed by atoms with Gasteiger partial charge in [-0.15, -0.1) is 13.2 Å². The first-order valence-corrected chi connectivity index (χ1v) is 12.8. The van der Waals surface area contributed by atoms with Gasteiger partial charge in [0, 0.05) is 18.8 Å². The van der Waals surface area contributed by atoms with Gasteiger partial charge in [-0.1, -0.05) is 19.1 Å². The van der Waals surface area contributed by atoms with E-state index in [2.05, 4.69) is 13.2 Å². The quantitative estimate of drug-likeness (QED) is 0.261. The molecule has 1 N–H and O–H groups in total. The molecule has 2 unspecified atom stereocenters. The predicted octanol–water partition coefficient (Wildman–Crippen LogP) is 2.48. The molecule has 3 heterocycles. The van der Waals surface area contributed by atoms with Gasteiger partial charge in [0.05, 0.1) is 31.8 Å². The molecule has 2 amide bonds. The Labute approximate surface area is 217 Å². The molecule has 3 saturated heterocycles. The number of amides is 2. The Morgan fingerprint density at radius 1 is 1.24 bits per heavy atom. The van der Waals surface area contributed by atoms with Gasteiger partial charge in [0.2, 0.25) is 5.91 Å². The number of methoxy groups -OCH3 is 1. The number of likely N-dealkylation sites (tertiary alicyclic amines) is 1. The number of ether oxygens (including phenoxy) is 3. The summed E-state index contributed by atoms with van der Waals surface area (Å²) in [5, 5.41) is 9.82. The number of hydrogen-bond acceptors (Lipinski definition) is 7. The molecule has 0 radical (unpaired) electrons. The lowest BCUT2D eigenvalue weighted by Crippen LogP contribution is -2.56. The highest BCUT2D eigenvalue weighted by Gasteiger charge is 2.79. The van der Waals surface area contributed by atoms with E-state index in [0.717, 1.165) is 0 Å². The summed E-state index contributed by atoms with van der Waals surface area (Å²) in [6.07, 6.45) is 5.28. The molecule has 2 bridgehead atoms. The Balaban J connectivity index is 1.75. The molecule has 1 aromatic carbocycles. The second kappa shape index (κ2) is 10.7. The Morgan fingerprint density at radius 3 is 2.57 bits per heavy atom. The Kier molecular flexibility index (Phi) is 7.75. The van der Waals surface area contributed by atoms with Crippen molar-refractivity contribution in [3.05, 3.63) is 49.6 Å². The highest BCUT2D eigenvalue weighted by Crippen LogP contribution is 2.64. The first kappa shape index (κ1) is 26.9. The summed E-state index contributed by atoms with van der Waals surface area (Å²) in [5.74, 6) is -2.23. The molecule has 3 aliphatic rings. The zero-order chi connectivity index (χ0) is 26.8. The lowest BCUT2D eigenvalue weighted by atomic mass is 9.65. The summed E-state index contributed by atoms with van der Waals surface area (Å²) < 4.78 is 17.5. The van der Waals surface area contributed by atoms with Crippen LogP contribution in [-0.2, 0) is 23.9 Å². The van der Waals surface area contributed by atoms with E-state index in [1.807, 2.05) is 6.92 Å². The van der Waals surface area contributed by atoms with Crippen LogP contribution in [-0.4, -0.2) is 78.4 Å². The monoisotopic (exact) mass is 512 g/mol. The van der Waals surface area contributed by atoms with Crippen molar-refractivity contribution in [2.45, 2.75) is 49.9 Å². The van der Waals surface area contributed by atoms with Crippen LogP contribution in [0.5, 0.6) is 5.75 Å². The molecule has 0 aliphatic carbocycles. The molecule has 9 nitrogen and oxygen atoms in total. The number of anilines is 1. The van der Waals surface area contributed by atoms with Crippen LogP contribution in [0.4, 0.5) is 5.69 Å². The Hall–Kier alpha value is -3.17. The Morgan fingerprint density at radius 2 is 1.97 bits per heavy atom. The van der Waals surface area contributed by atoms with Crippen molar-refractivity contribution in [3.8, 4) is 5.75 Å². The van der Waals surface area contributed by atoms with Crippen molar-refractivity contribution in [1.82, 2.24) is 4.90 Å². The van der Waals surface area contributed by atoms with Crippen LogP contribution < -0.4 is 9.64 Å². The lowest BCUT2D eigenvalue weighted by Gasteiger charge is -2.36. The molecule has 9 heteroatoms. The second-order valence-corrected chi connectivity index (χ2v) is 9.77. The number of benzene rings is 1. The number of hydrogen-bond donors (Lipinski definition) is 1. The van der Waals surface area contributed by atoms with Crippen molar-refractivity contribution < 1.29 is 33.7 Å². The molecule has 200 valence electrons. The van der Waals surface area contributed by atoms with Crippen LogP contribution >= 0.6 is 0 Å².